The first-order valence-electron chi connectivity index (χ1n) is 9.37. The van der Waals surface area contributed by atoms with Crippen LogP contribution in [0.4, 0.5) is 0 Å². The summed E-state index contributed by atoms with van der Waals surface area (Å²) in [5.41, 5.74) is 8.99. The van der Waals surface area contributed by atoms with E-state index < -0.39 is 0 Å². The Balaban J connectivity index is 1.75. The van der Waals surface area contributed by atoms with Crippen molar-refractivity contribution >= 4 is 0 Å². The highest BCUT2D eigenvalue weighted by molar-refractivity contribution is 5.30. The molecule has 3 heteroatoms. The van der Waals surface area contributed by atoms with Crippen molar-refractivity contribution in [3.63, 3.8) is 0 Å². The summed E-state index contributed by atoms with van der Waals surface area (Å²) in [6.45, 7) is 6.61. The van der Waals surface area contributed by atoms with Crippen LogP contribution in [0.1, 0.15) is 37.4 Å². The maximum absolute atomic E-state index is 9.92. The van der Waals surface area contributed by atoms with Gasteiger partial charge in [0.15, 0.2) is 0 Å². The first kappa shape index (κ1) is 18.0. The molecule has 3 rings (SSSR count). The van der Waals surface area contributed by atoms with Crippen molar-refractivity contribution in [3.8, 4) is 5.75 Å². The lowest BCUT2D eigenvalue weighted by Gasteiger charge is -2.44. The number of likely N-dealkylation sites (tertiary alicyclic amines) is 1. The summed E-state index contributed by atoms with van der Waals surface area (Å²) in [4.78, 5) is 2.52. The van der Waals surface area contributed by atoms with Gasteiger partial charge in [-0.25, -0.2) is 0 Å². The first-order valence-corrected chi connectivity index (χ1v) is 9.37. The average molecular weight is 338 g/mol. The predicted molar refractivity (Wildman–Crippen MR) is 103 cm³/mol. The van der Waals surface area contributed by atoms with E-state index in [-0.39, 0.29) is 6.04 Å². The fraction of sp³-hybridized carbons (Fsp3) is 0.455. The molecule has 1 saturated heterocycles. The summed E-state index contributed by atoms with van der Waals surface area (Å²) >= 11 is 0. The highest BCUT2D eigenvalue weighted by atomic mass is 16.3. The van der Waals surface area contributed by atoms with Gasteiger partial charge in [0, 0.05) is 18.6 Å². The van der Waals surface area contributed by atoms with Crippen LogP contribution in [-0.4, -0.2) is 29.1 Å². The van der Waals surface area contributed by atoms with Gasteiger partial charge in [-0.1, -0.05) is 56.3 Å². The lowest BCUT2D eigenvalue weighted by atomic mass is 9.78. The number of hydrogen-bond acceptors (Lipinski definition) is 3. The Morgan fingerprint density at radius 2 is 1.88 bits per heavy atom. The van der Waals surface area contributed by atoms with Gasteiger partial charge < -0.3 is 10.8 Å². The van der Waals surface area contributed by atoms with Gasteiger partial charge in [-0.3, -0.25) is 4.90 Å². The molecule has 0 amide bonds. The zero-order valence-corrected chi connectivity index (χ0v) is 15.3. The van der Waals surface area contributed by atoms with E-state index in [9.17, 15) is 5.11 Å². The van der Waals surface area contributed by atoms with E-state index in [1.165, 1.54) is 17.5 Å². The largest absolute Gasteiger partial charge is 0.508 e. The first-order chi connectivity index (χ1) is 12.0. The van der Waals surface area contributed by atoms with Gasteiger partial charge in [-0.15, -0.1) is 0 Å². The lowest BCUT2D eigenvalue weighted by molar-refractivity contribution is 0.0582. The number of phenolic OH excluding ortho intramolecular Hbond substituents is 1. The van der Waals surface area contributed by atoms with Crippen molar-refractivity contribution in [1.29, 1.82) is 0 Å². The molecular formula is C22H30N2O. The van der Waals surface area contributed by atoms with Crippen molar-refractivity contribution in [2.45, 2.75) is 38.8 Å². The molecule has 2 unspecified atom stereocenters. The van der Waals surface area contributed by atoms with Gasteiger partial charge >= 0.3 is 0 Å². The summed E-state index contributed by atoms with van der Waals surface area (Å²) in [7, 11) is 0. The monoisotopic (exact) mass is 338 g/mol. The number of benzene rings is 2. The number of hydrogen-bond donors (Lipinski definition) is 2. The molecule has 1 aliphatic heterocycles. The summed E-state index contributed by atoms with van der Waals surface area (Å²) in [6.07, 6.45) is 2.10. The summed E-state index contributed by atoms with van der Waals surface area (Å²) < 4.78 is 0. The third-order valence-corrected chi connectivity index (χ3v) is 5.68. The minimum Gasteiger partial charge on any atom is -0.508 e. The number of nitrogens with two attached hydrogens (primary N) is 1. The minimum atomic E-state index is 0.114. The van der Waals surface area contributed by atoms with Crippen molar-refractivity contribution in [2.75, 3.05) is 13.1 Å². The maximum Gasteiger partial charge on any atom is 0.115 e. The summed E-state index contributed by atoms with van der Waals surface area (Å²) in [6, 6.07) is 18.6. The van der Waals surface area contributed by atoms with Crippen molar-refractivity contribution in [2.24, 2.45) is 17.6 Å². The Morgan fingerprint density at radius 3 is 2.60 bits per heavy atom. The number of piperidine rings is 1. The lowest BCUT2D eigenvalue weighted by Crippen LogP contribution is -2.47. The van der Waals surface area contributed by atoms with E-state index in [0.717, 1.165) is 19.5 Å². The second kappa shape index (κ2) is 8.03. The van der Waals surface area contributed by atoms with Crippen LogP contribution < -0.4 is 5.73 Å². The molecule has 1 fully saturated rings. The fourth-order valence-corrected chi connectivity index (χ4v) is 4.13. The summed E-state index contributed by atoms with van der Waals surface area (Å²) in [5.74, 6) is 1.56. The molecule has 0 saturated carbocycles. The van der Waals surface area contributed by atoms with E-state index in [1.807, 2.05) is 18.2 Å². The van der Waals surface area contributed by atoms with Gasteiger partial charge in [0.25, 0.3) is 0 Å². The van der Waals surface area contributed by atoms with Gasteiger partial charge in [-0.2, -0.15) is 0 Å². The van der Waals surface area contributed by atoms with Crippen LogP contribution in [0.3, 0.4) is 0 Å². The molecule has 4 atom stereocenters. The molecule has 2 aromatic rings. The number of nitrogens with zero attached hydrogens (tertiary/aromatic N) is 1. The van der Waals surface area contributed by atoms with Crippen LogP contribution in [0.2, 0.25) is 0 Å². The van der Waals surface area contributed by atoms with Crippen LogP contribution in [-0.2, 0) is 6.42 Å². The Kier molecular flexibility index (Phi) is 5.77. The van der Waals surface area contributed by atoms with Crippen LogP contribution in [0.5, 0.6) is 5.75 Å². The Morgan fingerprint density at radius 1 is 1.12 bits per heavy atom. The number of aromatic hydroxyl groups is 1. The molecule has 2 aromatic carbocycles. The van der Waals surface area contributed by atoms with E-state index in [0.29, 0.717) is 23.6 Å². The van der Waals surface area contributed by atoms with Gasteiger partial charge in [0.2, 0.25) is 0 Å². The van der Waals surface area contributed by atoms with E-state index in [1.54, 1.807) is 6.07 Å². The molecule has 0 bridgehead atoms. The molecule has 0 aliphatic carbocycles. The molecule has 3 N–H and O–H groups in total. The predicted octanol–water partition coefficient (Wildman–Crippen LogP) is 3.98. The second-order valence-electron chi connectivity index (χ2n) is 7.61. The van der Waals surface area contributed by atoms with Gasteiger partial charge in [-0.05, 0) is 54.5 Å². The van der Waals surface area contributed by atoms with Crippen LogP contribution in [0.15, 0.2) is 54.6 Å². The average Bonchev–Trinajstić information content (AvgIpc) is 2.59. The minimum absolute atomic E-state index is 0.114. The van der Waals surface area contributed by atoms with E-state index in [2.05, 4.69) is 49.1 Å². The third kappa shape index (κ3) is 4.42. The Labute approximate surface area is 151 Å². The Bertz CT molecular complexity index is 673. The Hall–Kier alpha value is -1.84. The molecule has 0 aromatic heterocycles. The van der Waals surface area contributed by atoms with E-state index >= 15 is 0 Å². The highest BCUT2D eigenvalue weighted by Gasteiger charge is 2.34. The molecule has 0 spiro atoms. The molecule has 1 heterocycles. The van der Waals surface area contributed by atoms with Crippen LogP contribution >= 0.6 is 0 Å². The molecular weight excluding hydrogens is 308 g/mol. The topological polar surface area (TPSA) is 49.5 Å². The molecule has 134 valence electrons. The standard InChI is InChI=1S/C22H30N2O/c1-16-11-12-24(15-20(23)13-18-7-4-3-5-8-18)22(17(16)2)19-9-6-10-21(25)14-19/h3-10,14,16-17,20,22,25H,11-13,15,23H2,1-2H3/t16?,17-,20?,22-/m0/s1. The quantitative estimate of drug-likeness (QED) is 0.867. The van der Waals surface area contributed by atoms with Crippen molar-refractivity contribution < 1.29 is 5.11 Å². The molecule has 3 nitrogen and oxygen atoms in total. The fourth-order valence-electron chi connectivity index (χ4n) is 4.13. The highest BCUT2D eigenvalue weighted by Crippen LogP contribution is 2.39. The zero-order valence-electron chi connectivity index (χ0n) is 15.3. The third-order valence-electron chi connectivity index (χ3n) is 5.68. The summed E-state index contributed by atoms with van der Waals surface area (Å²) in [5, 5.41) is 9.92. The van der Waals surface area contributed by atoms with Gasteiger partial charge in [0.1, 0.15) is 5.75 Å². The van der Waals surface area contributed by atoms with E-state index in [4.69, 9.17) is 5.73 Å². The SMILES string of the molecule is CC1CCN(CC(N)Cc2ccccc2)[C@H](c2cccc(O)c2)[C@H]1C. The van der Waals surface area contributed by atoms with Crippen LogP contribution in [0.25, 0.3) is 0 Å². The molecule has 0 radical (unpaired) electrons. The second-order valence-corrected chi connectivity index (χ2v) is 7.61. The van der Waals surface area contributed by atoms with Crippen molar-refractivity contribution in [3.05, 3.63) is 65.7 Å². The normalized spacial score (nSPS) is 25.6. The van der Waals surface area contributed by atoms with Crippen molar-refractivity contribution in [1.82, 2.24) is 4.90 Å². The smallest absolute Gasteiger partial charge is 0.115 e. The molecule has 25 heavy (non-hydrogen) atoms. The number of phenols is 1. The van der Waals surface area contributed by atoms with Crippen LogP contribution in [0, 0.1) is 11.8 Å². The number of rotatable bonds is 5. The van der Waals surface area contributed by atoms with Gasteiger partial charge in [0.05, 0.1) is 0 Å². The zero-order chi connectivity index (χ0) is 17.8. The maximum atomic E-state index is 9.92. The molecule has 1 aliphatic rings.